The van der Waals surface area contributed by atoms with Crippen LogP contribution in [0, 0.1) is 29.1 Å². The molecule has 5 fully saturated rings. The number of nitrogens with one attached hydrogen (secondary N) is 1. The van der Waals surface area contributed by atoms with Gasteiger partial charge in [0.25, 0.3) is 5.91 Å². The molecule has 0 aromatic carbocycles. The van der Waals surface area contributed by atoms with Crippen LogP contribution in [-0.4, -0.2) is 36.3 Å². The molecule has 27 heavy (non-hydrogen) atoms. The van der Waals surface area contributed by atoms with Gasteiger partial charge in [-0.15, -0.1) is 11.3 Å². The largest absolute Gasteiger partial charge is 0.355 e. The number of hydrogen-bond donors (Lipinski definition) is 1. The lowest BCUT2D eigenvalue weighted by atomic mass is 9.49. The third-order valence-electron chi connectivity index (χ3n) is 7.61. The van der Waals surface area contributed by atoms with Crippen molar-refractivity contribution in [3.05, 3.63) is 22.4 Å². The molecule has 5 aliphatic rings. The number of hydrogen-bond acceptors (Lipinski definition) is 3. The van der Waals surface area contributed by atoms with Gasteiger partial charge in [-0.2, -0.15) is 0 Å². The van der Waals surface area contributed by atoms with Gasteiger partial charge in [-0.3, -0.25) is 9.59 Å². The monoisotopic (exact) mass is 386 g/mol. The van der Waals surface area contributed by atoms with Crippen LogP contribution >= 0.6 is 11.3 Å². The third-order valence-corrected chi connectivity index (χ3v) is 8.47. The van der Waals surface area contributed by atoms with Crippen molar-refractivity contribution in [2.75, 3.05) is 19.6 Å². The van der Waals surface area contributed by atoms with Crippen molar-refractivity contribution in [2.45, 2.75) is 51.4 Å². The molecule has 4 saturated carbocycles. The van der Waals surface area contributed by atoms with E-state index in [0.717, 1.165) is 48.6 Å². The molecule has 1 N–H and O–H groups in total. The number of carbonyl (C=O) groups is 2. The highest BCUT2D eigenvalue weighted by Crippen LogP contribution is 2.59. The van der Waals surface area contributed by atoms with E-state index in [1.165, 1.54) is 49.9 Å². The number of rotatable bonds is 4. The quantitative estimate of drug-likeness (QED) is 0.852. The Labute approximate surface area is 165 Å². The number of piperidine rings is 1. The van der Waals surface area contributed by atoms with Crippen LogP contribution < -0.4 is 5.32 Å². The lowest BCUT2D eigenvalue weighted by Crippen LogP contribution is -2.52. The van der Waals surface area contributed by atoms with Crippen molar-refractivity contribution < 1.29 is 9.59 Å². The summed E-state index contributed by atoms with van der Waals surface area (Å²) < 4.78 is 0. The van der Waals surface area contributed by atoms with Gasteiger partial charge in [0, 0.05) is 19.6 Å². The zero-order valence-electron chi connectivity index (χ0n) is 16.0. The van der Waals surface area contributed by atoms with Gasteiger partial charge in [0.1, 0.15) is 0 Å². The molecule has 1 aromatic heterocycles. The Hall–Kier alpha value is -1.36. The van der Waals surface area contributed by atoms with Crippen LogP contribution in [0.2, 0.25) is 0 Å². The first-order chi connectivity index (χ1) is 13.1. The van der Waals surface area contributed by atoms with Crippen LogP contribution in [0.3, 0.4) is 0 Å². The van der Waals surface area contributed by atoms with Gasteiger partial charge < -0.3 is 10.2 Å². The van der Waals surface area contributed by atoms with E-state index in [1.54, 1.807) is 0 Å². The van der Waals surface area contributed by atoms with Gasteiger partial charge in [0.05, 0.1) is 10.8 Å². The first-order valence-corrected chi connectivity index (χ1v) is 11.6. The number of nitrogens with zero attached hydrogens (tertiary/aromatic N) is 1. The Bertz CT molecular complexity index is 679. The maximum absolute atomic E-state index is 12.9. The topological polar surface area (TPSA) is 49.4 Å². The summed E-state index contributed by atoms with van der Waals surface area (Å²) in [5.74, 6) is 2.97. The van der Waals surface area contributed by atoms with Crippen molar-refractivity contribution in [3.8, 4) is 0 Å². The summed E-state index contributed by atoms with van der Waals surface area (Å²) in [4.78, 5) is 28.2. The summed E-state index contributed by atoms with van der Waals surface area (Å²) in [7, 11) is 0. The fourth-order valence-corrected chi connectivity index (χ4v) is 7.55. The number of carbonyl (C=O) groups excluding carboxylic acids is 2. The van der Waals surface area contributed by atoms with Crippen LogP contribution in [0.1, 0.15) is 61.0 Å². The predicted octanol–water partition coefficient (Wildman–Crippen LogP) is 3.93. The number of likely N-dealkylation sites (tertiary alicyclic amines) is 1. The molecule has 0 radical (unpaired) electrons. The van der Waals surface area contributed by atoms with Crippen LogP contribution in [0.5, 0.6) is 0 Å². The van der Waals surface area contributed by atoms with E-state index >= 15 is 0 Å². The van der Waals surface area contributed by atoms with Crippen LogP contribution in [-0.2, 0) is 4.79 Å². The number of thiophene rings is 1. The molecule has 1 saturated heterocycles. The Kier molecular flexibility index (Phi) is 4.53. The SMILES string of the molecule is O=C(NCC12CC3CC(CC(C3)C1)C2)C1CCCN(C(=O)c2cccs2)C1. The lowest BCUT2D eigenvalue weighted by molar-refractivity contribution is -0.128. The van der Waals surface area contributed by atoms with Gasteiger partial charge in [-0.25, -0.2) is 0 Å². The van der Waals surface area contributed by atoms with Gasteiger partial charge in [0.2, 0.25) is 5.91 Å². The molecule has 2 heterocycles. The molecule has 5 heteroatoms. The Morgan fingerprint density at radius 3 is 2.48 bits per heavy atom. The van der Waals surface area contributed by atoms with Crippen LogP contribution in [0.25, 0.3) is 0 Å². The smallest absolute Gasteiger partial charge is 0.263 e. The minimum absolute atomic E-state index is 0.0448. The van der Waals surface area contributed by atoms with E-state index in [0.29, 0.717) is 12.0 Å². The second-order valence-electron chi connectivity index (χ2n) is 9.70. The zero-order valence-corrected chi connectivity index (χ0v) is 16.8. The molecular weight excluding hydrogens is 356 g/mol. The van der Waals surface area contributed by atoms with Crippen molar-refractivity contribution in [1.82, 2.24) is 10.2 Å². The second-order valence-corrected chi connectivity index (χ2v) is 10.7. The average molecular weight is 387 g/mol. The Morgan fingerprint density at radius 1 is 1.15 bits per heavy atom. The highest BCUT2D eigenvalue weighted by Gasteiger charge is 2.50. The van der Waals surface area contributed by atoms with E-state index in [2.05, 4.69) is 5.32 Å². The molecule has 0 spiro atoms. The molecule has 146 valence electrons. The van der Waals surface area contributed by atoms with Crippen LogP contribution in [0.15, 0.2) is 17.5 Å². The minimum atomic E-state index is -0.0448. The Morgan fingerprint density at radius 2 is 1.85 bits per heavy atom. The molecule has 1 atom stereocenters. The minimum Gasteiger partial charge on any atom is -0.355 e. The molecule has 4 bridgehead atoms. The maximum atomic E-state index is 12.9. The summed E-state index contributed by atoms with van der Waals surface area (Å²) in [6.07, 6.45) is 10.1. The molecule has 4 nitrogen and oxygen atoms in total. The van der Waals surface area contributed by atoms with E-state index < -0.39 is 0 Å². The maximum Gasteiger partial charge on any atom is 0.263 e. The molecule has 1 unspecified atom stereocenters. The first kappa shape index (κ1) is 17.7. The molecule has 4 aliphatic carbocycles. The summed E-state index contributed by atoms with van der Waals surface area (Å²) in [5, 5.41) is 5.27. The molecular formula is C22H30N2O2S. The van der Waals surface area contributed by atoms with E-state index in [4.69, 9.17) is 0 Å². The van der Waals surface area contributed by atoms with E-state index in [9.17, 15) is 9.59 Å². The average Bonchev–Trinajstić information content (AvgIpc) is 3.19. The Balaban J connectivity index is 1.18. The standard InChI is InChI=1S/C22H30N2O2S/c25-20(18-3-1-5-24(13-18)21(26)19-4-2-6-27-19)23-14-22-10-15-7-16(11-22)9-17(8-15)12-22/h2,4,6,15-18H,1,3,5,7-14H2,(H,23,25). The fourth-order valence-electron chi connectivity index (χ4n) is 6.86. The molecule has 1 aromatic rings. The normalized spacial score (nSPS) is 37.4. The third kappa shape index (κ3) is 3.43. The zero-order chi connectivity index (χ0) is 18.4. The first-order valence-electron chi connectivity index (χ1n) is 10.7. The van der Waals surface area contributed by atoms with E-state index in [-0.39, 0.29) is 17.7 Å². The number of amides is 2. The summed E-state index contributed by atoms with van der Waals surface area (Å²) in [6, 6.07) is 3.79. The lowest BCUT2D eigenvalue weighted by Gasteiger charge is -2.57. The molecule has 1 aliphatic heterocycles. The highest BCUT2D eigenvalue weighted by atomic mass is 32.1. The highest BCUT2D eigenvalue weighted by molar-refractivity contribution is 7.12. The van der Waals surface area contributed by atoms with Crippen molar-refractivity contribution in [1.29, 1.82) is 0 Å². The van der Waals surface area contributed by atoms with E-state index in [1.807, 2.05) is 22.4 Å². The summed E-state index contributed by atoms with van der Waals surface area (Å²) >= 11 is 1.48. The summed E-state index contributed by atoms with van der Waals surface area (Å²) in [6.45, 7) is 2.21. The molecule has 6 rings (SSSR count). The van der Waals surface area contributed by atoms with Crippen molar-refractivity contribution in [3.63, 3.8) is 0 Å². The van der Waals surface area contributed by atoms with Gasteiger partial charge in [-0.1, -0.05) is 6.07 Å². The molecule has 2 amide bonds. The fraction of sp³-hybridized carbons (Fsp3) is 0.727. The predicted molar refractivity (Wildman–Crippen MR) is 107 cm³/mol. The summed E-state index contributed by atoms with van der Waals surface area (Å²) in [5.41, 5.74) is 0.381. The van der Waals surface area contributed by atoms with Gasteiger partial charge >= 0.3 is 0 Å². The van der Waals surface area contributed by atoms with Gasteiger partial charge in [-0.05, 0) is 86.0 Å². The van der Waals surface area contributed by atoms with Crippen molar-refractivity contribution >= 4 is 23.2 Å². The second kappa shape index (κ2) is 6.91. The van der Waals surface area contributed by atoms with Crippen molar-refractivity contribution in [2.24, 2.45) is 29.1 Å². The van der Waals surface area contributed by atoms with Gasteiger partial charge in [0.15, 0.2) is 0 Å². The van der Waals surface area contributed by atoms with Crippen LogP contribution in [0.4, 0.5) is 0 Å².